The van der Waals surface area contributed by atoms with Gasteiger partial charge in [0.05, 0.1) is 24.8 Å². The number of primary amides is 3. The van der Waals surface area contributed by atoms with Crippen molar-refractivity contribution < 1.29 is 111 Å². The number of nitrogens with zero attached hydrogens (tertiary/aromatic N) is 6. The Labute approximate surface area is 838 Å². The zero-order valence-electron chi connectivity index (χ0n) is 82.9. The van der Waals surface area contributed by atoms with Gasteiger partial charge in [-0.25, -0.2) is 4.39 Å². The number of aromatic amines is 1. The summed E-state index contributed by atoms with van der Waals surface area (Å²) in [5.41, 5.74) is 24.3. The van der Waals surface area contributed by atoms with Crippen molar-refractivity contribution in [3.8, 4) is 5.75 Å². The van der Waals surface area contributed by atoms with Crippen molar-refractivity contribution >= 4 is 153 Å². The van der Waals surface area contributed by atoms with Crippen molar-refractivity contribution in [1.82, 2.24) is 87.2 Å². The van der Waals surface area contributed by atoms with Crippen LogP contribution in [0.1, 0.15) is 161 Å². The number of phenols is 1. The smallest absolute Gasteiger partial charge is 0.508 e. The highest BCUT2D eigenvalue weighted by atomic mass is 32.2. The maximum atomic E-state index is 17.2. The van der Waals surface area contributed by atoms with Gasteiger partial charge in [0.15, 0.2) is 0 Å². The van der Waals surface area contributed by atoms with Gasteiger partial charge in [0.25, 0.3) is 0 Å². The number of thioether (sulfide) groups is 1. The molecule has 3 aliphatic rings. The molecule has 9 rings (SSSR count). The highest BCUT2D eigenvalue weighted by Crippen LogP contribution is 2.30. The molecule has 3 aliphatic heterocycles. The average Bonchev–Trinajstić information content (AvgIpc) is 1.65. The van der Waals surface area contributed by atoms with E-state index >= 15 is 47.5 Å². The minimum Gasteiger partial charge on any atom is -0.508 e. The van der Waals surface area contributed by atoms with E-state index in [-0.39, 0.29) is 112 Å². The number of likely N-dealkylation sites (N-methyl/N-ethyl adjacent to an activating group) is 3. The van der Waals surface area contributed by atoms with Gasteiger partial charge in [0.2, 0.25) is 100 Å². The molecule has 14 atom stereocenters. The standard InChI is InChI=1S/C98H137BFN21O22S/c1-11-13-26-76(92(135)109-68(39-54(3)4)89(132)115-74(52-144-53-82(104)126)87(130)107-48-81(103)125)117(9)98(141)78(27-14-12-2)118(10)95(138)71-42-60-49-119(75-28-18-16-23-64(60)75)51-84(128)143-99(142)65-24-19-21-58(85(65)100)45-105-47-73(114-93(136)77-29-20-38-120(77)96(139)72(44-80(102)124)111-86(129)56(7)116(8)83(127)35-32-57-30-33-61(122)34-31-57)91(134)112-70(40-55(5)6)97(140)121-50-62(123)43-79(121)94(137)110-69(90(133)108-67(36-37-101)88(131)113-71)41-59-46-106-66-25-17-15-22-63(59)66/h15-19,21-25,28,30-31,33-34,46,49,54-56,62,67-74,76-79,105-106,122-123,142H,11-14,20,26-27,29,32,35-45,47-48,50-53,101H2,1-10H3,(H2,102,124)(H2,103,125)(H2,104,126)(H,107,130)(H,108,133)(H,109,135)(H,110,137)(H,111,129)(H,112,134)(H,113,131)(H,114,136)(H,115,132)/t56-,62+,67-,68-,69-,70-,71-,72-,73-,74-,76-,77-,78-,79-/m0/s1. The molecule has 0 spiro atoms. The highest BCUT2D eigenvalue weighted by molar-refractivity contribution is 8.00. The maximum Gasteiger partial charge on any atom is 0.565 e. The second-order valence-corrected chi connectivity index (χ2v) is 38.7. The molecule has 4 aromatic carbocycles. The molecule has 2 fully saturated rings. The molecule has 144 heavy (non-hydrogen) atoms. The SMILES string of the molecule is CCCC[C@@H](C(=O)N(C)[C@@H](CCCC)C(=O)N[C@@H](CC(C)C)C(=O)N[C@@H](CSCC(N)=O)C(=O)NCC(N)=O)N(C)C(=O)[C@@H]1Cc2cn(c3ccccc23)CC(=O)OB(O)c2cccc(c2F)CNC[C@H](NC(=O)[C@@H]2CCCN2C(=O)[C@H](CC(N)=O)NC(=O)[C@H](C)N(C)C(=O)CCc2ccc(O)cc2)C(=O)N[C@@H](CC(C)C)C(=O)N2C[C@H](O)C[C@H]2C(=O)N[C@@H](Cc2c[nH]c3ccccc23)C(=O)N[C@@H](CCN)C(=O)N1. The Balaban J connectivity index is 1.07. The minimum atomic E-state index is -2.31. The number of hydrogen-bond donors (Lipinski definition) is 18. The van der Waals surface area contributed by atoms with E-state index < -0.39 is 267 Å². The molecule has 2 aromatic heterocycles. The Bertz CT molecular complexity index is 5590. The molecule has 17 amide bonds. The number of rotatable bonds is 40. The number of amides is 17. The Hall–Kier alpha value is -13.6. The van der Waals surface area contributed by atoms with Crippen molar-refractivity contribution in [2.45, 2.75) is 255 Å². The first kappa shape index (κ1) is 114. The van der Waals surface area contributed by atoms with Crippen molar-refractivity contribution in [3.05, 3.63) is 131 Å². The number of hydrogen-bond acceptors (Lipinski definition) is 25. The molecule has 0 unspecified atom stereocenters. The van der Waals surface area contributed by atoms with Crippen LogP contribution < -0.4 is 81.6 Å². The summed E-state index contributed by atoms with van der Waals surface area (Å²) in [4.78, 5) is 269. The van der Waals surface area contributed by atoms with Crippen molar-refractivity contribution in [1.29, 1.82) is 0 Å². The number of carbonyl (C=O) groups is 18. The van der Waals surface area contributed by atoms with Crippen molar-refractivity contribution in [2.24, 2.45) is 34.8 Å². The number of benzene rings is 4. The lowest BCUT2D eigenvalue weighted by molar-refractivity contribution is -0.149. The number of aryl methyl sites for hydroxylation is 1. The van der Waals surface area contributed by atoms with Gasteiger partial charge in [-0.15, -0.1) is 11.8 Å². The predicted molar refractivity (Wildman–Crippen MR) is 532 cm³/mol. The van der Waals surface area contributed by atoms with E-state index in [2.05, 4.69) is 58.2 Å². The van der Waals surface area contributed by atoms with Crippen LogP contribution in [0, 0.1) is 17.7 Å². The molecule has 0 radical (unpaired) electrons. The van der Waals surface area contributed by atoms with Gasteiger partial charge in [-0.1, -0.05) is 134 Å². The van der Waals surface area contributed by atoms with Gasteiger partial charge in [-0.05, 0) is 118 Å². The first-order chi connectivity index (χ1) is 68.4. The summed E-state index contributed by atoms with van der Waals surface area (Å²) in [7, 11) is 1.76. The van der Waals surface area contributed by atoms with Gasteiger partial charge in [-0.3, -0.25) is 86.3 Å². The number of nitrogens with one attached hydrogen (secondary N) is 11. The number of unbranched alkanes of at least 4 members (excludes halogenated alkanes) is 2. The fourth-order valence-corrected chi connectivity index (χ4v) is 18.6. The number of aromatic nitrogens is 2. The number of fused-ring (bicyclic) bond motifs is 9. The molecule has 43 nitrogen and oxygen atoms in total. The van der Waals surface area contributed by atoms with Crippen LogP contribution in [-0.4, -0.2) is 313 Å². The third-order valence-corrected chi connectivity index (χ3v) is 26.8. The number of phenolic OH excluding ortho intramolecular Hbond substituents is 1. The van der Waals surface area contributed by atoms with Gasteiger partial charge >= 0.3 is 13.1 Å². The molecule has 46 heteroatoms. The summed E-state index contributed by atoms with van der Waals surface area (Å²) in [6.07, 6.45) is 1.21. The largest absolute Gasteiger partial charge is 0.565 e. The molecular weight excluding hydrogens is 1890 g/mol. The van der Waals surface area contributed by atoms with Gasteiger partial charge < -0.3 is 130 Å². The Morgan fingerprint density at radius 3 is 2.01 bits per heavy atom. The van der Waals surface area contributed by atoms with Crippen LogP contribution in [0.2, 0.25) is 0 Å². The van der Waals surface area contributed by atoms with Crippen LogP contribution in [0.5, 0.6) is 5.75 Å². The summed E-state index contributed by atoms with van der Waals surface area (Å²) in [6, 6.07) is 3.76. The zero-order valence-corrected chi connectivity index (χ0v) is 83.7. The number of carbonyl (C=O) groups excluding carboxylic acids is 18. The van der Waals surface area contributed by atoms with Crippen LogP contribution in [0.25, 0.3) is 21.8 Å². The third kappa shape index (κ3) is 31.7. The Morgan fingerprint density at radius 2 is 1.34 bits per heavy atom. The highest BCUT2D eigenvalue weighted by Gasteiger charge is 2.47. The summed E-state index contributed by atoms with van der Waals surface area (Å²) < 4.78 is 24.2. The molecule has 5 heterocycles. The van der Waals surface area contributed by atoms with Crippen molar-refractivity contribution in [2.75, 3.05) is 65.4 Å². The second-order valence-electron chi connectivity index (χ2n) is 37.7. The van der Waals surface area contributed by atoms with Crippen LogP contribution in [0.3, 0.4) is 0 Å². The number of aliphatic hydroxyl groups excluding tert-OH is 1. The summed E-state index contributed by atoms with van der Waals surface area (Å²) in [5, 5.41) is 61.2. The first-order valence-corrected chi connectivity index (χ1v) is 49.7. The van der Waals surface area contributed by atoms with Crippen LogP contribution >= 0.6 is 11.8 Å². The normalized spacial score (nSPS) is 19.8. The van der Waals surface area contributed by atoms with Crippen LogP contribution in [0.4, 0.5) is 4.39 Å². The number of aromatic hydroxyl groups is 1. The van der Waals surface area contributed by atoms with E-state index in [1.807, 2.05) is 13.8 Å². The number of halogens is 1. The lowest BCUT2D eigenvalue weighted by Gasteiger charge is -2.36. The van der Waals surface area contributed by atoms with Crippen molar-refractivity contribution in [3.63, 3.8) is 0 Å². The molecule has 0 aliphatic carbocycles. The Kier molecular flexibility index (Phi) is 42.9. The van der Waals surface area contributed by atoms with E-state index in [4.69, 9.17) is 27.6 Å². The van der Waals surface area contributed by atoms with E-state index in [9.17, 15) is 58.4 Å². The maximum absolute atomic E-state index is 17.2. The number of likely N-dealkylation sites (tertiary alicyclic amines) is 1. The van der Waals surface area contributed by atoms with Gasteiger partial charge in [0, 0.05) is 124 Å². The third-order valence-electron chi connectivity index (χ3n) is 25.7. The summed E-state index contributed by atoms with van der Waals surface area (Å²) >= 11 is 0.919. The summed E-state index contributed by atoms with van der Waals surface area (Å²) in [5.74, 6) is -18.3. The molecule has 4 bridgehead atoms. The number of H-pyrrole nitrogens is 1. The first-order valence-electron chi connectivity index (χ1n) is 48.6. The predicted octanol–water partition coefficient (Wildman–Crippen LogP) is -1.73. The number of nitrogens with two attached hydrogens (primary N) is 4. The van der Waals surface area contributed by atoms with E-state index in [1.54, 1.807) is 94.6 Å². The monoisotopic (exact) mass is 2020 g/mol. The number of aliphatic hydroxyl groups is 1. The fourth-order valence-electron chi connectivity index (χ4n) is 17.9. The van der Waals surface area contributed by atoms with E-state index in [1.165, 1.54) is 68.0 Å². The van der Waals surface area contributed by atoms with Gasteiger partial charge in [-0.2, -0.15) is 0 Å². The zero-order chi connectivity index (χ0) is 106. The fraction of sp³-hybridized carbons (Fsp3) is 0.531. The topological polar surface area (TPSA) is 638 Å². The van der Waals surface area contributed by atoms with Crippen LogP contribution in [-0.2, 0) is 123 Å². The minimum absolute atomic E-state index is 0.00586. The molecular formula is C98H137BFN21O22S. The molecule has 22 N–H and O–H groups in total. The molecule has 6 aromatic rings. The summed E-state index contributed by atoms with van der Waals surface area (Å²) in [6.45, 7) is 8.77. The molecule has 0 saturated carbocycles. The number of para-hydroxylation sites is 2. The van der Waals surface area contributed by atoms with Crippen LogP contribution in [0.15, 0.2) is 103 Å². The van der Waals surface area contributed by atoms with E-state index in [0.29, 0.717) is 53.1 Å². The Morgan fingerprint density at radius 1 is 0.688 bits per heavy atom. The lowest BCUT2D eigenvalue weighted by Crippen LogP contribution is -2.62. The quantitative estimate of drug-likeness (QED) is 0.0190. The van der Waals surface area contributed by atoms with E-state index in [0.717, 1.165) is 43.0 Å². The van der Waals surface area contributed by atoms with Gasteiger partial charge in [0.1, 0.15) is 96.7 Å². The molecule has 782 valence electrons. The lowest BCUT2D eigenvalue weighted by atomic mass is 9.78. The average molecular weight is 2020 g/mol. The molecule has 2 saturated heterocycles. The second kappa shape index (κ2) is 54.2.